The number of nitrogens with one attached hydrogen (secondary N) is 2. The molecule has 5 nitrogen and oxygen atoms in total. The molecule has 0 fully saturated rings. The van der Waals surface area contributed by atoms with Crippen molar-refractivity contribution in [3.05, 3.63) is 72.3 Å². The van der Waals surface area contributed by atoms with E-state index in [1.54, 1.807) is 19.2 Å². The molecule has 2 aromatic rings. The van der Waals surface area contributed by atoms with Gasteiger partial charge in [-0.25, -0.2) is 0 Å². The third-order valence-electron chi connectivity index (χ3n) is 3.05. The molecule has 0 heterocycles. The summed E-state index contributed by atoms with van der Waals surface area (Å²) in [6.45, 7) is 0.382. The van der Waals surface area contributed by atoms with Crippen molar-refractivity contribution in [3.63, 3.8) is 0 Å². The Labute approximate surface area is 135 Å². The van der Waals surface area contributed by atoms with Crippen LogP contribution in [0, 0.1) is 0 Å². The van der Waals surface area contributed by atoms with Gasteiger partial charge in [-0.2, -0.15) is 0 Å². The summed E-state index contributed by atoms with van der Waals surface area (Å²) in [6, 6.07) is 16.4. The number of methoxy groups -OCH3 is 1. The topological polar surface area (TPSA) is 67.4 Å². The van der Waals surface area contributed by atoms with E-state index in [1.165, 1.54) is 12.2 Å². The molecule has 2 aromatic carbocycles. The number of hydrogen-bond acceptors (Lipinski definition) is 3. The molecule has 0 aliphatic carbocycles. The summed E-state index contributed by atoms with van der Waals surface area (Å²) in [5, 5.41) is 5.37. The number of para-hydroxylation sites is 1. The van der Waals surface area contributed by atoms with Gasteiger partial charge in [-0.3, -0.25) is 9.59 Å². The van der Waals surface area contributed by atoms with E-state index in [1.807, 2.05) is 42.5 Å². The first-order valence-electron chi connectivity index (χ1n) is 7.12. The second kappa shape index (κ2) is 8.38. The number of benzene rings is 2. The Morgan fingerprint density at radius 3 is 2.26 bits per heavy atom. The second-order valence-corrected chi connectivity index (χ2v) is 4.75. The lowest BCUT2D eigenvalue weighted by Crippen LogP contribution is -2.21. The Morgan fingerprint density at radius 1 is 0.957 bits per heavy atom. The largest absolute Gasteiger partial charge is 0.497 e. The summed E-state index contributed by atoms with van der Waals surface area (Å²) >= 11 is 0. The maximum absolute atomic E-state index is 11.7. The van der Waals surface area contributed by atoms with Crippen molar-refractivity contribution < 1.29 is 14.3 Å². The molecule has 0 saturated carbocycles. The third kappa shape index (κ3) is 5.67. The van der Waals surface area contributed by atoms with Gasteiger partial charge in [-0.05, 0) is 29.8 Å². The average molecular weight is 310 g/mol. The van der Waals surface area contributed by atoms with Crippen LogP contribution in [0.2, 0.25) is 0 Å². The molecule has 23 heavy (non-hydrogen) atoms. The zero-order chi connectivity index (χ0) is 16.5. The van der Waals surface area contributed by atoms with Crippen molar-refractivity contribution in [3.8, 4) is 5.75 Å². The maximum Gasteiger partial charge on any atom is 0.248 e. The highest BCUT2D eigenvalue weighted by molar-refractivity contribution is 6.03. The lowest BCUT2D eigenvalue weighted by atomic mass is 10.2. The van der Waals surface area contributed by atoms with Crippen LogP contribution in [0.3, 0.4) is 0 Å². The van der Waals surface area contributed by atoms with Gasteiger partial charge in [0.1, 0.15) is 5.75 Å². The fourth-order valence-electron chi connectivity index (χ4n) is 1.85. The molecule has 2 amide bonds. The van der Waals surface area contributed by atoms with Gasteiger partial charge in [-0.1, -0.05) is 30.3 Å². The van der Waals surface area contributed by atoms with Crippen molar-refractivity contribution in [1.82, 2.24) is 5.32 Å². The minimum Gasteiger partial charge on any atom is -0.497 e. The lowest BCUT2D eigenvalue weighted by molar-refractivity contribution is -0.117. The van der Waals surface area contributed by atoms with E-state index in [0.717, 1.165) is 11.3 Å². The minimum atomic E-state index is -0.351. The number of rotatable bonds is 6. The predicted octanol–water partition coefficient (Wildman–Crippen LogP) is 2.51. The van der Waals surface area contributed by atoms with Crippen LogP contribution in [0.4, 0.5) is 5.69 Å². The first-order valence-corrected chi connectivity index (χ1v) is 7.12. The summed E-state index contributed by atoms with van der Waals surface area (Å²) in [4.78, 5) is 23.4. The molecule has 0 saturated heterocycles. The van der Waals surface area contributed by atoms with E-state index in [0.29, 0.717) is 12.2 Å². The predicted molar refractivity (Wildman–Crippen MR) is 89.1 cm³/mol. The SMILES string of the molecule is COc1ccc(CNC(=O)C=CC(=O)Nc2ccccc2)cc1. The molecular formula is C18H18N2O3. The molecule has 118 valence electrons. The number of carbonyl (C=O) groups is 2. The Bertz CT molecular complexity index is 679. The van der Waals surface area contributed by atoms with Gasteiger partial charge in [0, 0.05) is 24.4 Å². The molecule has 0 spiro atoms. The summed E-state index contributed by atoms with van der Waals surface area (Å²) in [5.74, 6) is 0.0809. The van der Waals surface area contributed by atoms with E-state index in [4.69, 9.17) is 4.74 Å². The average Bonchev–Trinajstić information content (AvgIpc) is 2.59. The number of amides is 2. The number of ether oxygens (including phenoxy) is 1. The number of carbonyl (C=O) groups excluding carboxylic acids is 2. The van der Waals surface area contributed by atoms with E-state index in [2.05, 4.69) is 10.6 Å². The summed E-state index contributed by atoms with van der Waals surface area (Å²) in [5.41, 5.74) is 1.63. The standard InChI is InChI=1S/C18H18N2O3/c1-23-16-9-7-14(8-10-16)13-19-17(21)11-12-18(22)20-15-5-3-2-4-6-15/h2-12H,13H2,1H3,(H,19,21)(H,20,22). The van der Waals surface area contributed by atoms with Gasteiger partial charge in [0.25, 0.3) is 0 Å². The molecule has 0 aliphatic rings. The van der Waals surface area contributed by atoms with E-state index >= 15 is 0 Å². The van der Waals surface area contributed by atoms with Crippen LogP contribution < -0.4 is 15.4 Å². The Balaban J connectivity index is 1.78. The number of hydrogen-bond donors (Lipinski definition) is 2. The highest BCUT2D eigenvalue weighted by Gasteiger charge is 2.00. The monoisotopic (exact) mass is 310 g/mol. The van der Waals surface area contributed by atoms with Gasteiger partial charge in [0.2, 0.25) is 11.8 Å². The van der Waals surface area contributed by atoms with Crippen molar-refractivity contribution in [2.24, 2.45) is 0 Å². The molecule has 0 bridgehead atoms. The maximum atomic E-state index is 11.7. The molecule has 2 rings (SSSR count). The van der Waals surface area contributed by atoms with Crippen molar-refractivity contribution in [2.45, 2.75) is 6.54 Å². The zero-order valence-corrected chi connectivity index (χ0v) is 12.8. The molecule has 0 atom stereocenters. The fraction of sp³-hybridized carbons (Fsp3) is 0.111. The molecule has 2 N–H and O–H groups in total. The third-order valence-corrected chi connectivity index (χ3v) is 3.05. The molecule has 0 aliphatic heterocycles. The van der Waals surface area contributed by atoms with Crippen molar-refractivity contribution in [1.29, 1.82) is 0 Å². The highest BCUT2D eigenvalue weighted by atomic mass is 16.5. The van der Waals surface area contributed by atoms with Gasteiger partial charge in [0.05, 0.1) is 7.11 Å². The normalized spacial score (nSPS) is 10.3. The quantitative estimate of drug-likeness (QED) is 0.806. The molecule has 0 unspecified atom stereocenters. The highest BCUT2D eigenvalue weighted by Crippen LogP contribution is 2.10. The van der Waals surface area contributed by atoms with Crippen LogP contribution in [0.15, 0.2) is 66.7 Å². The van der Waals surface area contributed by atoms with Gasteiger partial charge in [-0.15, -0.1) is 0 Å². The molecular weight excluding hydrogens is 292 g/mol. The second-order valence-electron chi connectivity index (χ2n) is 4.75. The van der Waals surface area contributed by atoms with Crippen LogP contribution >= 0.6 is 0 Å². The smallest absolute Gasteiger partial charge is 0.248 e. The lowest BCUT2D eigenvalue weighted by Gasteiger charge is -2.04. The molecule has 5 heteroatoms. The number of anilines is 1. The Kier molecular flexibility index (Phi) is 5.94. The first-order chi connectivity index (χ1) is 11.2. The minimum absolute atomic E-state index is 0.330. The van der Waals surface area contributed by atoms with Gasteiger partial charge >= 0.3 is 0 Å². The van der Waals surface area contributed by atoms with Crippen LogP contribution in [0.5, 0.6) is 5.75 Å². The van der Waals surface area contributed by atoms with E-state index in [9.17, 15) is 9.59 Å². The molecule has 0 radical (unpaired) electrons. The van der Waals surface area contributed by atoms with Crippen LogP contribution in [-0.4, -0.2) is 18.9 Å². The van der Waals surface area contributed by atoms with E-state index < -0.39 is 0 Å². The van der Waals surface area contributed by atoms with Gasteiger partial charge in [0.15, 0.2) is 0 Å². The van der Waals surface area contributed by atoms with Crippen LogP contribution in [0.25, 0.3) is 0 Å². The van der Waals surface area contributed by atoms with Crippen molar-refractivity contribution >= 4 is 17.5 Å². The Morgan fingerprint density at radius 2 is 1.61 bits per heavy atom. The summed E-state index contributed by atoms with van der Waals surface area (Å²) < 4.78 is 5.07. The van der Waals surface area contributed by atoms with Crippen LogP contribution in [-0.2, 0) is 16.1 Å². The summed E-state index contributed by atoms with van der Waals surface area (Å²) in [6.07, 6.45) is 2.41. The Hall–Kier alpha value is -3.08. The van der Waals surface area contributed by atoms with Crippen molar-refractivity contribution in [2.75, 3.05) is 12.4 Å². The zero-order valence-electron chi connectivity index (χ0n) is 12.8. The van der Waals surface area contributed by atoms with E-state index in [-0.39, 0.29) is 11.8 Å². The van der Waals surface area contributed by atoms with Crippen LogP contribution in [0.1, 0.15) is 5.56 Å². The molecule has 0 aromatic heterocycles. The van der Waals surface area contributed by atoms with Gasteiger partial charge < -0.3 is 15.4 Å². The fourth-order valence-corrected chi connectivity index (χ4v) is 1.85. The summed E-state index contributed by atoms with van der Waals surface area (Å²) in [7, 11) is 1.60. The first kappa shape index (κ1) is 16.3.